The molecule has 0 spiro atoms. The van der Waals surface area contributed by atoms with Crippen LogP contribution >= 0.6 is 11.3 Å². The second-order valence-corrected chi connectivity index (χ2v) is 8.26. The quantitative estimate of drug-likeness (QED) is 0.656. The number of piperidine rings is 1. The van der Waals surface area contributed by atoms with Crippen molar-refractivity contribution in [2.24, 2.45) is 5.92 Å². The molecule has 28 heavy (non-hydrogen) atoms. The third-order valence-corrected chi connectivity index (χ3v) is 6.29. The topological polar surface area (TPSA) is 55.2 Å². The van der Waals surface area contributed by atoms with E-state index in [1.54, 1.807) is 18.4 Å². The molecule has 1 aliphatic heterocycles. The van der Waals surface area contributed by atoms with Crippen molar-refractivity contribution >= 4 is 16.5 Å². The average molecular weight is 398 g/mol. The van der Waals surface area contributed by atoms with Gasteiger partial charge in [-0.05, 0) is 37.0 Å². The van der Waals surface area contributed by atoms with Gasteiger partial charge in [0.05, 0.1) is 7.11 Å². The fourth-order valence-electron chi connectivity index (χ4n) is 3.55. The molecular formula is C21H27N5OS. The largest absolute Gasteiger partial charge is 0.496 e. The van der Waals surface area contributed by atoms with Gasteiger partial charge in [0.1, 0.15) is 5.75 Å². The Labute approximate surface area is 170 Å². The molecule has 1 N–H and O–H groups in total. The second kappa shape index (κ2) is 8.75. The fourth-order valence-corrected chi connectivity index (χ4v) is 4.47. The van der Waals surface area contributed by atoms with E-state index in [2.05, 4.69) is 56.3 Å². The summed E-state index contributed by atoms with van der Waals surface area (Å²) in [5.41, 5.74) is 2.32. The third-order valence-electron chi connectivity index (χ3n) is 5.31. The monoisotopic (exact) mass is 397 g/mol. The van der Waals surface area contributed by atoms with Gasteiger partial charge in [0.15, 0.2) is 0 Å². The van der Waals surface area contributed by atoms with Crippen LogP contribution < -0.4 is 15.0 Å². The number of para-hydroxylation sites is 1. The Bertz CT molecular complexity index is 898. The molecule has 1 aromatic carbocycles. The maximum Gasteiger partial charge on any atom is 0.218 e. The normalized spacial score (nSPS) is 15.1. The summed E-state index contributed by atoms with van der Waals surface area (Å²) in [6.07, 6.45) is 4.52. The predicted octanol–water partition coefficient (Wildman–Crippen LogP) is 3.86. The lowest BCUT2D eigenvalue weighted by Gasteiger charge is -2.29. The minimum Gasteiger partial charge on any atom is -0.496 e. The molecule has 0 bridgehead atoms. The van der Waals surface area contributed by atoms with Gasteiger partial charge in [-0.2, -0.15) is 0 Å². The molecule has 0 atom stereocenters. The molecule has 4 rings (SSSR count). The molecule has 0 radical (unpaired) electrons. The van der Waals surface area contributed by atoms with Crippen molar-refractivity contribution in [3.05, 3.63) is 53.9 Å². The van der Waals surface area contributed by atoms with Crippen LogP contribution in [0.1, 0.15) is 31.0 Å². The number of benzene rings is 1. The van der Waals surface area contributed by atoms with Crippen molar-refractivity contribution in [1.82, 2.24) is 20.1 Å². The number of anilines is 1. The van der Waals surface area contributed by atoms with Crippen LogP contribution in [-0.4, -0.2) is 35.0 Å². The Morgan fingerprint density at radius 3 is 2.68 bits per heavy atom. The molecule has 1 saturated heterocycles. The van der Waals surface area contributed by atoms with E-state index < -0.39 is 0 Å². The molecule has 2 aromatic heterocycles. The number of ether oxygens (including phenoxy) is 1. The van der Waals surface area contributed by atoms with E-state index in [1.165, 1.54) is 18.5 Å². The predicted molar refractivity (Wildman–Crippen MR) is 113 cm³/mol. The van der Waals surface area contributed by atoms with Crippen LogP contribution in [0.25, 0.3) is 5.13 Å². The van der Waals surface area contributed by atoms with Gasteiger partial charge in [0.2, 0.25) is 10.3 Å². The SMILES string of the molecule is COc1ccccc1CNCc1cccn1-c1nnc(N2CCC(C)CC2)s1. The van der Waals surface area contributed by atoms with Crippen molar-refractivity contribution in [3.8, 4) is 10.9 Å². The van der Waals surface area contributed by atoms with E-state index in [-0.39, 0.29) is 0 Å². The molecule has 7 heteroatoms. The highest BCUT2D eigenvalue weighted by atomic mass is 32.1. The van der Waals surface area contributed by atoms with E-state index in [9.17, 15) is 0 Å². The van der Waals surface area contributed by atoms with E-state index in [0.717, 1.165) is 53.7 Å². The second-order valence-electron chi connectivity index (χ2n) is 7.32. The molecule has 3 heterocycles. The fraction of sp³-hybridized carbons (Fsp3) is 0.429. The Balaban J connectivity index is 1.40. The van der Waals surface area contributed by atoms with Crippen LogP contribution in [0.4, 0.5) is 5.13 Å². The zero-order valence-electron chi connectivity index (χ0n) is 16.5. The molecule has 0 amide bonds. The first-order valence-corrected chi connectivity index (χ1v) is 10.6. The van der Waals surface area contributed by atoms with E-state index in [4.69, 9.17) is 4.74 Å². The molecule has 0 aliphatic carbocycles. The van der Waals surface area contributed by atoms with Gasteiger partial charge in [-0.3, -0.25) is 4.57 Å². The molecule has 6 nitrogen and oxygen atoms in total. The van der Waals surface area contributed by atoms with Crippen molar-refractivity contribution in [1.29, 1.82) is 0 Å². The number of aromatic nitrogens is 3. The van der Waals surface area contributed by atoms with Crippen LogP contribution in [0.5, 0.6) is 5.75 Å². The summed E-state index contributed by atoms with van der Waals surface area (Å²) >= 11 is 1.67. The highest BCUT2D eigenvalue weighted by molar-refractivity contribution is 7.17. The Morgan fingerprint density at radius 1 is 1.07 bits per heavy atom. The number of methoxy groups -OCH3 is 1. The summed E-state index contributed by atoms with van der Waals surface area (Å²) in [6, 6.07) is 12.3. The van der Waals surface area contributed by atoms with Gasteiger partial charge in [0.25, 0.3) is 0 Å². The van der Waals surface area contributed by atoms with Crippen LogP contribution in [0, 0.1) is 5.92 Å². The Morgan fingerprint density at radius 2 is 1.86 bits per heavy atom. The summed E-state index contributed by atoms with van der Waals surface area (Å²) in [5, 5.41) is 14.4. The first-order chi connectivity index (χ1) is 13.7. The summed E-state index contributed by atoms with van der Waals surface area (Å²) < 4.78 is 7.55. The van der Waals surface area contributed by atoms with Crippen molar-refractivity contribution < 1.29 is 4.74 Å². The lowest BCUT2D eigenvalue weighted by molar-refractivity contribution is 0.407. The molecule has 3 aromatic rings. The highest BCUT2D eigenvalue weighted by Crippen LogP contribution is 2.28. The highest BCUT2D eigenvalue weighted by Gasteiger charge is 2.20. The zero-order chi connectivity index (χ0) is 19.3. The lowest BCUT2D eigenvalue weighted by atomic mass is 10.00. The van der Waals surface area contributed by atoms with E-state index in [0.29, 0.717) is 0 Å². The van der Waals surface area contributed by atoms with Crippen LogP contribution in [0.3, 0.4) is 0 Å². The minimum absolute atomic E-state index is 0.751. The van der Waals surface area contributed by atoms with Gasteiger partial charge in [-0.1, -0.05) is 36.5 Å². The lowest BCUT2D eigenvalue weighted by Crippen LogP contribution is -2.32. The van der Waals surface area contributed by atoms with Gasteiger partial charge in [0, 0.05) is 43.6 Å². The summed E-state index contributed by atoms with van der Waals surface area (Å²) in [6.45, 7) is 5.99. The molecule has 0 unspecified atom stereocenters. The third kappa shape index (κ3) is 4.20. The standard InChI is InChI=1S/C21H27N5OS/c1-16-9-12-25(13-10-16)20-23-24-21(28-20)26-11-5-7-18(26)15-22-14-17-6-3-4-8-19(17)27-2/h3-8,11,16,22H,9-10,12-15H2,1-2H3. The number of hydrogen-bond acceptors (Lipinski definition) is 6. The zero-order valence-corrected chi connectivity index (χ0v) is 17.3. The smallest absolute Gasteiger partial charge is 0.218 e. The van der Waals surface area contributed by atoms with E-state index in [1.807, 2.05) is 18.2 Å². The summed E-state index contributed by atoms with van der Waals surface area (Å²) in [7, 11) is 1.71. The maximum absolute atomic E-state index is 5.43. The van der Waals surface area contributed by atoms with Crippen molar-refractivity contribution in [2.75, 3.05) is 25.1 Å². The van der Waals surface area contributed by atoms with Crippen LogP contribution in [-0.2, 0) is 13.1 Å². The van der Waals surface area contributed by atoms with Gasteiger partial charge in [-0.25, -0.2) is 0 Å². The van der Waals surface area contributed by atoms with Crippen molar-refractivity contribution in [2.45, 2.75) is 32.9 Å². The summed E-state index contributed by atoms with van der Waals surface area (Å²) in [5.74, 6) is 1.73. The molecule has 148 valence electrons. The number of nitrogens with one attached hydrogen (secondary N) is 1. The number of hydrogen-bond donors (Lipinski definition) is 1. The molecule has 0 saturated carbocycles. The van der Waals surface area contributed by atoms with Crippen molar-refractivity contribution in [3.63, 3.8) is 0 Å². The van der Waals surface area contributed by atoms with Crippen LogP contribution in [0.15, 0.2) is 42.6 Å². The number of rotatable bonds is 7. The first-order valence-electron chi connectivity index (χ1n) is 9.82. The number of nitrogens with zero attached hydrogens (tertiary/aromatic N) is 4. The van der Waals surface area contributed by atoms with Gasteiger partial charge < -0.3 is 15.0 Å². The molecule has 1 aliphatic rings. The van der Waals surface area contributed by atoms with E-state index >= 15 is 0 Å². The van der Waals surface area contributed by atoms with Crippen LogP contribution in [0.2, 0.25) is 0 Å². The Kier molecular flexibility index (Phi) is 5.92. The maximum atomic E-state index is 5.43. The van der Waals surface area contributed by atoms with Gasteiger partial charge in [-0.15, -0.1) is 10.2 Å². The Hall–Kier alpha value is -2.38. The average Bonchev–Trinajstić information content (AvgIpc) is 3.38. The molecular weight excluding hydrogens is 370 g/mol. The molecule has 1 fully saturated rings. The first kappa shape index (κ1) is 19.0. The minimum atomic E-state index is 0.751. The van der Waals surface area contributed by atoms with Gasteiger partial charge >= 0.3 is 0 Å². The summed E-state index contributed by atoms with van der Waals surface area (Å²) in [4.78, 5) is 2.37.